The molecule has 0 saturated heterocycles. The van der Waals surface area contributed by atoms with Gasteiger partial charge in [-0.05, 0) is 24.6 Å². The van der Waals surface area contributed by atoms with Crippen molar-refractivity contribution < 1.29 is 18.7 Å². The fourth-order valence-electron chi connectivity index (χ4n) is 1.21. The molecule has 18 heavy (non-hydrogen) atoms. The van der Waals surface area contributed by atoms with Gasteiger partial charge in [0.25, 0.3) is 6.17 Å². The van der Waals surface area contributed by atoms with Crippen LogP contribution in [0.4, 0.5) is 4.39 Å². The number of Topliss-reactive ketones (excluding diaryl/α,β-unsaturated/α-hetero) is 1. The number of carbonyl (C=O) groups excluding carboxylic acids is 2. The van der Waals surface area contributed by atoms with Gasteiger partial charge in [-0.2, -0.15) is 0 Å². The van der Waals surface area contributed by atoms with E-state index in [0.717, 1.165) is 4.47 Å². The molecule has 0 saturated carbocycles. The van der Waals surface area contributed by atoms with Crippen LogP contribution in [0.15, 0.2) is 27.1 Å². The van der Waals surface area contributed by atoms with Gasteiger partial charge in [-0.3, -0.25) is 4.79 Å². The number of ketones is 1. The highest BCUT2D eigenvalue weighted by atomic mass is 79.9. The van der Waals surface area contributed by atoms with Gasteiger partial charge < -0.3 is 4.74 Å². The predicted molar refractivity (Wildman–Crippen MR) is 72.3 cm³/mol. The van der Waals surface area contributed by atoms with Crippen LogP contribution in [0.3, 0.4) is 0 Å². The van der Waals surface area contributed by atoms with E-state index in [1.165, 1.54) is 6.07 Å². The highest BCUT2D eigenvalue weighted by Crippen LogP contribution is 2.23. The Labute approximate surface area is 121 Å². The van der Waals surface area contributed by atoms with Crippen LogP contribution in [-0.2, 0) is 9.53 Å². The Kier molecular flexibility index (Phi) is 5.95. The van der Waals surface area contributed by atoms with Gasteiger partial charge in [0.15, 0.2) is 0 Å². The molecule has 6 heteroatoms. The molecular weight excluding hydrogens is 371 g/mol. The van der Waals surface area contributed by atoms with E-state index in [9.17, 15) is 14.0 Å². The number of carbonyl (C=O) groups is 2. The van der Waals surface area contributed by atoms with Crippen molar-refractivity contribution in [2.75, 3.05) is 6.61 Å². The summed E-state index contributed by atoms with van der Waals surface area (Å²) < 4.78 is 19.4. The summed E-state index contributed by atoms with van der Waals surface area (Å²) in [6.45, 7) is 1.89. The van der Waals surface area contributed by atoms with E-state index in [2.05, 4.69) is 36.6 Å². The monoisotopic (exact) mass is 380 g/mol. The van der Waals surface area contributed by atoms with Crippen molar-refractivity contribution in [2.45, 2.75) is 19.5 Å². The van der Waals surface area contributed by atoms with E-state index in [4.69, 9.17) is 0 Å². The quantitative estimate of drug-likeness (QED) is 0.444. The number of ether oxygens (including phenoxy) is 1. The van der Waals surface area contributed by atoms with Crippen molar-refractivity contribution in [2.24, 2.45) is 0 Å². The maximum Gasteiger partial charge on any atom is 0.349 e. The molecule has 0 bridgehead atoms. The van der Waals surface area contributed by atoms with Crippen molar-refractivity contribution in [3.05, 3.63) is 32.7 Å². The average molecular weight is 382 g/mol. The lowest BCUT2D eigenvalue weighted by atomic mass is 10.1. The Hall–Kier alpha value is -0.750. The van der Waals surface area contributed by atoms with Gasteiger partial charge in [0, 0.05) is 14.5 Å². The average Bonchev–Trinajstić information content (AvgIpc) is 2.34. The molecule has 3 nitrogen and oxygen atoms in total. The second-order valence-corrected chi connectivity index (χ2v) is 5.29. The van der Waals surface area contributed by atoms with Crippen LogP contribution in [0.25, 0.3) is 0 Å². The minimum atomic E-state index is -2.28. The molecule has 98 valence electrons. The molecule has 0 aromatic heterocycles. The molecule has 0 heterocycles. The lowest BCUT2D eigenvalue weighted by molar-refractivity contribution is -0.147. The maximum absolute atomic E-state index is 13.6. The van der Waals surface area contributed by atoms with Crippen LogP contribution < -0.4 is 0 Å². The molecule has 0 radical (unpaired) electrons. The number of halogens is 3. The third-order valence-electron chi connectivity index (χ3n) is 2.08. The van der Waals surface area contributed by atoms with Crippen molar-refractivity contribution in [1.82, 2.24) is 0 Å². The SMILES string of the molecule is CCCOC(=O)C(F)C(=O)c1ccc(Br)cc1Br. The Balaban J connectivity index is 2.83. The van der Waals surface area contributed by atoms with Crippen LogP contribution >= 0.6 is 31.9 Å². The molecule has 0 aliphatic rings. The minimum absolute atomic E-state index is 0.105. The zero-order valence-corrected chi connectivity index (χ0v) is 12.8. The number of esters is 1. The molecule has 0 aliphatic heterocycles. The van der Waals surface area contributed by atoms with Gasteiger partial charge in [-0.25, -0.2) is 9.18 Å². The van der Waals surface area contributed by atoms with Crippen LogP contribution in [0.2, 0.25) is 0 Å². The summed E-state index contributed by atoms with van der Waals surface area (Å²) in [6, 6.07) is 4.65. The lowest BCUT2D eigenvalue weighted by Crippen LogP contribution is -2.28. The third kappa shape index (κ3) is 3.88. The predicted octanol–water partition coefficient (Wildman–Crippen LogP) is 3.69. The fraction of sp³-hybridized carbons (Fsp3) is 0.333. The molecule has 1 atom stereocenters. The molecule has 0 fully saturated rings. The van der Waals surface area contributed by atoms with E-state index in [0.29, 0.717) is 10.9 Å². The Morgan fingerprint density at radius 3 is 2.61 bits per heavy atom. The number of benzene rings is 1. The summed E-state index contributed by atoms with van der Waals surface area (Å²) in [7, 11) is 0. The summed E-state index contributed by atoms with van der Waals surface area (Å²) in [6.07, 6.45) is -1.71. The van der Waals surface area contributed by atoms with Gasteiger partial charge in [0.1, 0.15) is 0 Å². The summed E-state index contributed by atoms with van der Waals surface area (Å²) in [5, 5.41) is 0. The van der Waals surface area contributed by atoms with E-state index < -0.39 is 17.9 Å². The van der Waals surface area contributed by atoms with Crippen molar-refractivity contribution in [1.29, 1.82) is 0 Å². The first-order chi connectivity index (χ1) is 8.47. The molecule has 1 aromatic rings. The zero-order valence-electron chi connectivity index (χ0n) is 9.58. The van der Waals surface area contributed by atoms with Crippen molar-refractivity contribution >= 4 is 43.6 Å². The largest absolute Gasteiger partial charge is 0.463 e. The Bertz CT molecular complexity index is 463. The first kappa shape index (κ1) is 15.3. The summed E-state index contributed by atoms with van der Waals surface area (Å²) in [5.41, 5.74) is 0.110. The van der Waals surface area contributed by atoms with Crippen molar-refractivity contribution in [3.63, 3.8) is 0 Å². The Morgan fingerprint density at radius 1 is 1.39 bits per heavy atom. The molecule has 0 spiro atoms. The lowest BCUT2D eigenvalue weighted by Gasteiger charge is -2.09. The third-order valence-corrected chi connectivity index (χ3v) is 3.23. The summed E-state index contributed by atoms with van der Waals surface area (Å²) >= 11 is 6.37. The van der Waals surface area contributed by atoms with E-state index in [-0.39, 0.29) is 12.2 Å². The summed E-state index contributed by atoms with van der Waals surface area (Å²) in [5.74, 6) is -2.05. The topological polar surface area (TPSA) is 43.4 Å². The zero-order chi connectivity index (χ0) is 13.7. The van der Waals surface area contributed by atoms with Gasteiger partial charge >= 0.3 is 5.97 Å². The molecule has 1 rings (SSSR count). The standard InChI is InChI=1S/C12H11Br2FO3/c1-2-5-18-12(17)10(15)11(16)8-4-3-7(13)6-9(8)14/h3-4,6,10H,2,5H2,1H3. The first-order valence-electron chi connectivity index (χ1n) is 5.27. The van der Waals surface area contributed by atoms with Gasteiger partial charge in [-0.1, -0.05) is 38.8 Å². The second kappa shape index (κ2) is 6.99. The van der Waals surface area contributed by atoms with E-state index in [1.54, 1.807) is 19.1 Å². The summed E-state index contributed by atoms with van der Waals surface area (Å²) in [4.78, 5) is 23.0. The van der Waals surface area contributed by atoms with Gasteiger partial charge in [-0.15, -0.1) is 0 Å². The van der Waals surface area contributed by atoms with Crippen LogP contribution in [0.1, 0.15) is 23.7 Å². The van der Waals surface area contributed by atoms with Crippen molar-refractivity contribution in [3.8, 4) is 0 Å². The highest BCUT2D eigenvalue weighted by Gasteiger charge is 2.29. The smallest absolute Gasteiger partial charge is 0.349 e. The van der Waals surface area contributed by atoms with Crippen LogP contribution in [0, 0.1) is 0 Å². The Morgan fingerprint density at radius 2 is 2.06 bits per heavy atom. The molecule has 0 amide bonds. The molecular formula is C12H11Br2FO3. The van der Waals surface area contributed by atoms with Crippen LogP contribution in [0.5, 0.6) is 0 Å². The number of alkyl halides is 1. The molecule has 0 N–H and O–H groups in total. The highest BCUT2D eigenvalue weighted by molar-refractivity contribution is 9.11. The first-order valence-corrected chi connectivity index (χ1v) is 6.86. The van der Waals surface area contributed by atoms with Crippen LogP contribution in [-0.4, -0.2) is 24.5 Å². The normalized spacial score (nSPS) is 12.0. The molecule has 0 aliphatic carbocycles. The minimum Gasteiger partial charge on any atom is -0.463 e. The van der Waals surface area contributed by atoms with Gasteiger partial charge in [0.05, 0.1) is 6.61 Å². The number of hydrogen-bond donors (Lipinski definition) is 0. The fourth-order valence-corrected chi connectivity index (χ4v) is 2.45. The van der Waals surface area contributed by atoms with Gasteiger partial charge in [0.2, 0.25) is 5.78 Å². The van der Waals surface area contributed by atoms with E-state index >= 15 is 0 Å². The number of hydrogen-bond acceptors (Lipinski definition) is 3. The molecule has 1 unspecified atom stereocenters. The molecule has 1 aromatic carbocycles. The number of rotatable bonds is 5. The van der Waals surface area contributed by atoms with E-state index in [1.807, 2.05) is 0 Å². The maximum atomic E-state index is 13.6. The second-order valence-electron chi connectivity index (χ2n) is 3.52.